The second-order valence-corrected chi connectivity index (χ2v) is 7.55. The first-order valence-corrected chi connectivity index (χ1v) is 10.1. The van der Waals surface area contributed by atoms with E-state index in [2.05, 4.69) is 15.3 Å². The van der Waals surface area contributed by atoms with Gasteiger partial charge in [-0.05, 0) is 54.6 Å². The zero-order valence-corrected chi connectivity index (χ0v) is 17.6. The maximum Gasteiger partial charge on any atom is 0.288 e. The van der Waals surface area contributed by atoms with Gasteiger partial charge < -0.3 is 11.5 Å². The fourth-order valence-electron chi connectivity index (χ4n) is 3.39. The largest absolute Gasteiger partial charge is 0.384 e. The summed E-state index contributed by atoms with van der Waals surface area (Å²) in [5.41, 5.74) is 12.8. The summed E-state index contributed by atoms with van der Waals surface area (Å²) in [5, 5.41) is 8.69. The molecule has 0 saturated carbocycles. The third-order valence-corrected chi connectivity index (χ3v) is 5.23. The number of carbonyl (C=O) groups is 1. The highest BCUT2D eigenvalue weighted by Crippen LogP contribution is 2.24. The van der Waals surface area contributed by atoms with Crippen LogP contribution in [0.15, 0.2) is 71.7 Å². The first-order valence-electron chi connectivity index (χ1n) is 9.69. The number of benzene rings is 2. The van der Waals surface area contributed by atoms with Gasteiger partial charge in [0.15, 0.2) is 17.0 Å². The van der Waals surface area contributed by atoms with Gasteiger partial charge in [-0.3, -0.25) is 14.2 Å². The van der Waals surface area contributed by atoms with Gasteiger partial charge in [0.25, 0.3) is 5.56 Å². The third kappa shape index (κ3) is 3.58. The second-order valence-electron chi connectivity index (χ2n) is 7.11. The summed E-state index contributed by atoms with van der Waals surface area (Å²) < 4.78 is 2.79. The van der Waals surface area contributed by atoms with Crippen molar-refractivity contribution in [2.75, 3.05) is 5.73 Å². The topological polar surface area (TPSA) is 148 Å². The van der Waals surface area contributed by atoms with E-state index in [0.29, 0.717) is 33.6 Å². The number of hydrogen-bond donors (Lipinski definition) is 2. The molecule has 5 aromatic rings. The number of hydrogen-bond acceptors (Lipinski definition) is 7. The van der Waals surface area contributed by atoms with Crippen LogP contribution in [0.4, 0.5) is 5.82 Å². The highest BCUT2D eigenvalue weighted by molar-refractivity contribution is 6.30. The van der Waals surface area contributed by atoms with Gasteiger partial charge in [-0.1, -0.05) is 22.9 Å². The van der Waals surface area contributed by atoms with E-state index in [4.69, 9.17) is 28.1 Å². The van der Waals surface area contributed by atoms with Gasteiger partial charge in [-0.2, -0.15) is 4.68 Å². The zero-order valence-electron chi connectivity index (χ0n) is 16.9. The van der Waals surface area contributed by atoms with Crippen LogP contribution in [-0.4, -0.2) is 35.4 Å². The highest BCUT2D eigenvalue weighted by atomic mass is 35.5. The lowest BCUT2D eigenvalue weighted by Gasteiger charge is -2.13. The Labute approximate surface area is 191 Å². The average Bonchev–Trinajstić information content (AvgIpc) is 3.25. The number of nitrogens with zero attached hydrogens (tertiary/aromatic N) is 6. The van der Waals surface area contributed by atoms with Crippen LogP contribution in [0.5, 0.6) is 0 Å². The molecule has 0 unspecified atom stereocenters. The minimum atomic E-state index is -0.590. The maximum atomic E-state index is 13.5. The van der Waals surface area contributed by atoms with E-state index in [1.165, 1.54) is 15.4 Å². The van der Waals surface area contributed by atoms with Crippen LogP contribution in [0, 0.1) is 0 Å². The Kier molecular flexibility index (Phi) is 4.83. The molecule has 0 spiro atoms. The van der Waals surface area contributed by atoms with Gasteiger partial charge in [0.1, 0.15) is 5.82 Å². The Bertz CT molecular complexity index is 1570. The average molecular weight is 459 g/mol. The minimum Gasteiger partial charge on any atom is -0.384 e. The summed E-state index contributed by atoms with van der Waals surface area (Å²) in [5.74, 6) is 0.0417. The molecule has 2 aromatic carbocycles. The molecule has 0 aliphatic rings. The number of carbonyl (C=O) groups excluding carboxylic acids is 1. The van der Waals surface area contributed by atoms with Crippen LogP contribution in [0.1, 0.15) is 10.4 Å². The van der Waals surface area contributed by atoms with E-state index in [0.717, 1.165) is 0 Å². The van der Waals surface area contributed by atoms with E-state index < -0.39 is 11.5 Å². The highest BCUT2D eigenvalue weighted by Gasteiger charge is 2.20. The first kappa shape index (κ1) is 20.3. The standard InChI is InChI=1S/C22H15ClN8O2/c23-14-5-7-15(8-6-14)30-20(13-4-9-17(24)26-11-13)27-21-18(22(30)33)28-29-31(21)16-3-1-2-12(10-16)19(25)32/h1-11H,(H2,24,26)(H2,25,32). The number of primary amides is 1. The van der Waals surface area contributed by atoms with Crippen molar-refractivity contribution in [1.29, 1.82) is 0 Å². The van der Waals surface area contributed by atoms with Crippen molar-refractivity contribution >= 4 is 34.5 Å². The van der Waals surface area contributed by atoms with Gasteiger partial charge >= 0.3 is 0 Å². The number of pyridine rings is 1. The number of amides is 1. The molecule has 0 saturated heterocycles. The van der Waals surface area contributed by atoms with Gasteiger partial charge in [0, 0.05) is 22.3 Å². The van der Waals surface area contributed by atoms with Crippen LogP contribution < -0.4 is 17.0 Å². The molecule has 162 valence electrons. The molecule has 4 N–H and O–H groups in total. The van der Waals surface area contributed by atoms with Crippen molar-refractivity contribution in [3.05, 3.63) is 87.8 Å². The fraction of sp³-hybridized carbons (Fsp3) is 0. The molecule has 3 heterocycles. The van der Waals surface area contributed by atoms with Crippen molar-refractivity contribution in [2.24, 2.45) is 5.73 Å². The molecular formula is C22H15ClN8O2. The number of halogens is 1. The molecule has 0 bridgehead atoms. The smallest absolute Gasteiger partial charge is 0.288 e. The molecule has 33 heavy (non-hydrogen) atoms. The molecule has 0 fully saturated rings. The fourth-order valence-corrected chi connectivity index (χ4v) is 3.52. The number of rotatable bonds is 4. The van der Waals surface area contributed by atoms with Crippen LogP contribution in [-0.2, 0) is 0 Å². The summed E-state index contributed by atoms with van der Waals surface area (Å²) in [6.07, 6.45) is 1.53. The van der Waals surface area contributed by atoms with Gasteiger partial charge in [-0.15, -0.1) is 5.10 Å². The molecule has 0 aliphatic carbocycles. The second kappa shape index (κ2) is 7.84. The Balaban J connectivity index is 1.82. The zero-order chi connectivity index (χ0) is 23.1. The lowest BCUT2D eigenvalue weighted by molar-refractivity contribution is 0.1000. The quantitative estimate of drug-likeness (QED) is 0.420. The van der Waals surface area contributed by atoms with Crippen molar-refractivity contribution in [1.82, 2.24) is 29.5 Å². The van der Waals surface area contributed by atoms with Gasteiger partial charge in [-0.25, -0.2) is 9.97 Å². The number of nitrogen functional groups attached to an aromatic ring is 1. The Morgan fingerprint density at radius 2 is 1.79 bits per heavy atom. The van der Waals surface area contributed by atoms with Gasteiger partial charge in [0.05, 0.1) is 11.4 Å². The van der Waals surface area contributed by atoms with E-state index in [1.54, 1.807) is 60.7 Å². The third-order valence-electron chi connectivity index (χ3n) is 4.98. The predicted molar refractivity (Wildman–Crippen MR) is 123 cm³/mol. The van der Waals surface area contributed by atoms with Crippen LogP contribution >= 0.6 is 11.6 Å². The summed E-state index contributed by atoms with van der Waals surface area (Å²) in [6, 6.07) is 16.6. The molecule has 10 nitrogen and oxygen atoms in total. The Morgan fingerprint density at radius 3 is 2.48 bits per heavy atom. The maximum absolute atomic E-state index is 13.5. The molecule has 0 radical (unpaired) electrons. The summed E-state index contributed by atoms with van der Waals surface area (Å²) in [6.45, 7) is 0. The SMILES string of the molecule is NC(=O)c1cccc(-n2nnc3c(=O)n(-c4ccc(Cl)cc4)c(-c4ccc(N)nc4)nc32)c1. The molecule has 3 aromatic heterocycles. The lowest BCUT2D eigenvalue weighted by Crippen LogP contribution is -2.22. The van der Waals surface area contributed by atoms with E-state index in [1.807, 2.05) is 0 Å². The Morgan fingerprint density at radius 1 is 1.00 bits per heavy atom. The van der Waals surface area contributed by atoms with E-state index in [9.17, 15) is 9.59 Å². The van der Waals surface area contributed by atoms with Crippen molar-refractivity contribution in [3.63, 3.8) is 0 Å². The molecular weight excluding hydrogens is 444 g/mol. The molecule has 0 atom stereocenters. The van der Waals surface area contributed by atoms with E-state index in [-0.39, 0.29) is 16.7 Å². The monoisotopic (exact) mass is 458 g/mol. The van der Waals surface area contributed by atoms with Crippen LogP contribution in [0.2, 0.25) is 5.02 Å². The Hall–Kier alpha value is -4.57. The molecule has 0 aliphatic heterocycles. The normalized spacial score (nSPS) is 11.1. The molecule has 11 heteroatoms. The number of nitrogens with two attached hydrogens (primary N) is 2. The van der Waals surface area contributed by atoms with Crippen molar-refractivity contribution < 1.29 is 4.79 Å². The summed E-state index contributed by atoms with van der Waals surface area (Å²) in [4.78, 5) is 34.0. The first-order chi connectivity index (χ1) is 15.9. The van der Waals surface area contributed by atoms with Crippen LogP contribution in [0.3, 0.4) is 0 Å². The predicted octanol–water partition coefficient (Wildman–Crippen LogP) is 2.36. The number of anilines is 1. The van der Waals surface area contributed by atoms with Crippen LogP contribution in [0.25, 0.3) is 33.9 Å². The van der Waals surface area contributed by atoms with Crippen molar-refractivity contribution in [2.45, 2.75) is 0 Å². The molecule has 1 amide bonds. The summed E-state index contributed by atoms with van der Waals surface area (Å²) >= 11 is 6.03. The molecule has 5 rings (SSSR count). The minimum absolute atomic E-state index is 0.0431. The van der Waals surface area contributed by atoms with Crippen molar-refractivity contribution in [3.8, 4) is 22.8 Å². The lowest BCUT2D eigenvalue weighted by atomic mass is 10.2. The number of aromatic nitrogens is 6. The summed E-state index contributed by atoms with van der Waals surface area (Å²) in [7, 11) is 0. The number of fused-ring (bicyclic) bond motifs is 1. The van der Waals surface area contributed by atoms with Gasteiger partial charge in [0.2, 0.25) is 5.91 Å². The van der Waals surface area contributed by atoms with E-state index >= 15 is 0 Å².